The molecule has 38 heavy (non-hydrogen) atoms. The Bertz CT molecular complexity index is 1130. The van der Waals surface area contributed by atoms with E-state index in [2.05, 4.69) is 5.32 Å². The standard InChI is InChI=1S/C28H33F3N2O5/c1-26(2,3)38-25(36)33-27(12-14-37-15-13-27)23(34)17-21(24(32)35)16-18-4-6-19(7-5-18)20-8-10-22(11-9-20)28(29,30)31/h4-11,21H,12-17H2,1-3H3,(H2,32,35)(H,33,36)/t21-/m1/s1. The van der Waals surface area contributed by atoms with E-state index in [1.54, 1.807) is 45.0 Å². The van der Waals surface area contributed by atoms with E-state index in [1.807, 2.05) is 0 Å². The molecular weight excluding hydrogens is 501 g/mol. The smallest absolute Gasteiger partial charge is 0.416 e. The summed E-state index contributed by atoms with van der Waals surface area (Å²) >= 11 is 0. The number of halogens is 3. The van der Waals surface area contributed by atoms with Crippen LogP contribution in [0, 0.1) is 5.92 Å². The normalized spacial score (nSPS) is 16.4. The van der Waals surface area contributed by atoms with Gasteiger partial charge in [0.15, 0.2) is 5.78 Å². The molecule has 1 heterocycles. The fourth-order valence-electron chi connectivity index (χ4n) is 4.35. The van der Waals surface area contributed by atoms with E-state index < -0.39 is 40.8 Å². The van der Waals surface area contributed by atoms with Crippen molar-refractivity contribution in [2.45, 2.75) is 63.8 Å². The molecule has 0 unspecified atom stereocenters. The number of hydrogen-bond donors (Lipinski definition) is 2. The number of Topliss-reactive ketones (excluding diaryl/α,β-unsaturated/α-hetero) is 1. The number of ketones is 1. The lowest BCUT2D eigenvalue weighted by molar-refractivity contribution is -0.137. The first-order chi connectivity index (χ1) is 17.7. The Morgan fingerprint density at radius 3 is 1.97 bits per heavy atom. The van der Waals surface area contributed by atoms with Gasteiger partial charge in [-0.05, 0) is 56.0 Å². The lowest BCUT2D eigenvalue weighted by Gasteiger charge is -2.37. The molecule has 0 aliphatic carbocycles. The highest BCUT2D eigenvalue weighted by Gasteiger charge is 2.43. The molecule has 3 rings (SSSR count). The molecule has 1 aliphatic heterocycles. The Morgan fingerprint density at radius 1 is 0.974 bits per heavy atom. The van der Waals surface area contributed by atoms with Gasteiger partial charge in [-0.3, -0.25) is 9.59 Å². The lowest BCUT2D eigenvalue weighted by atomic mass is 9.80. The fraction of sp³-hybridized carbons (Fsp3) is 0.464. The van der Waals surface area contributed by atoms with Crippen LogP contribution in [0.5, 0.6) is 0 Å². The number of rotatable bonds is 8. The molecule has 1 fully saturated rings. The van der Waals surface area contributed by atoms with Gasteiger partial charge in [-0.1, -0.05) is 36.4 Å². The van der Waals surface area contributed by atoms with Crippen molar-refractivity contribution in [3.8, 4) is 11.1 Å². The van der Waals surface area contributed by atoms with Crippen LogP contribution in [0.4, 0.5) is 18.0 Å². The van der Waals surface area contributed by atoms with Crippen LogP contribution in [-0.2, 0) is 31.7 Å². The monoisotopic (exact) mass is 534 g/mol. The highest BCUT2D eigenvalue weighted by atomic mass is 19.4. The number of carbonyl (C=O) groups excluding carboxylic acids is 3. The molecule has 0 radical (unpaired) electrons. The van der Waals surface area contributed by atoms with E-state index in [-0.39, 0.29) is 44.7 Å². The first-order valence-corrected chi connectivity index (χ1v) is 12.4. The van der Waals surface area contributed by atoms with E-state index in [0.717, 1.165) is 17.7 Å². The molecular formula is C28H33F3N2O5. The van der Waals surface area contributed by atoms with Gasteiger partial charge in [-0.25, -0.2) is 4.79 Å². The van der Waals surface area contributed by atoms with Crippen molar-refractivity contribution in [2.75, 3.05) is 13.2 Å². The summed E-state index contributed by atoms with van der Waals surface area (Å²) in [6, 6.07) is 11.8. The maximum Gasteiger partial charge on any atom is 0.416 e. The van der Waals surface area contributed by atoms with Gasteiger partial charge in [0.1, 0.15) is 11.1 Å². The second kappa shape index (κ2) is 11.6. The molecule has 0 bridgehead atoms. The van der Waals surface area contributed by atoms with Crippen LogP contribution in [0.3, 0.4) is 0 Å². The molecule has 2 aromatic rings. The van der Waals surface area contributed by atoms with Gasteiger partial charge in [0.25, 0.3) is 0 Å². The summed E-state index contributed by atoms with van der Waals surface area (Å²) in [7, 11) is 0. The maximum absolute atomic E-state index is 13.4. The predicted octanol–water partition coefficient (Wildman–Crippen LogP) is 5.05. The minimum Gasteiger partial charge on any atom is -0.444 e. The average Bonchev–Trinajstić information content (AvgIpc) is 2.83. The quantitative estimate of drug-likeness (QED) is 0.493. The minimum atomic E-state index is -4.41. The number of amides is 2. The van der Waals surface area contributed by atoms with Crippen molar-refractivity contribution in [3.63, 3.8) is 0 Å². The van der Waals surface area contributed by atoms with E-state index in [4.69, 9.17) is 15.2 Å². The first-order valence-electron chi connectivity index (χ1n) is 12.4. The molecule has 0 spiro atoms. The molecule has 1 atom stereocenters. The van der Waals surface area contributed by atoms with Crippen LogP contribution in [0.25, 0.3) is 11.1 Å². The molecule has 206 valence electrons. The number of primary amides is 1. The zero-order valence-corrected chi connectivity index (χ0v) is 21.7. The number of ether oxygens (including phenoxy) is 2. The van der Waals surface area contributed by atoms with Crippen molar-refractivity contribution in [2.24, 2.45) is 11.7 Å². The number of nitrogens with one attached hydrogen (secondary N) is 1. The summed E-state index contributed by atoms with van der Waals surface area (Å²) in [6.45, 7) is 5.70. The van der Waals surface area contributed by atoms with Gasteiger partial charge in [-0.15, -0.1) is 0 Å². The molecule has 2 amide bonds. The van der Waals surface area contributed by atoms with Crippen LogP contribution in [0.2, 0.25) is 0 Å². The summed E-state index contributed by atoms with van der Waals surface area (Å²) in [6.07, 6.45) is -4.62. The van der Waals surface area contributed by atoms with Crippen LogP contribution in [0.15, 0.2) is 48.5 Å². The van der Waals surface area contributed by atoms with Crippen LogP contribution >= 0.6 is 0 Å². The third kappa shape index (κ3) is 7.80. The topological polar surface area (TPSA) is 108 Å². The first kappa shape index (κ1) is 29.2. The largest absolute Gasteiger partial charge is 0.444 e. The number of nitrogens with two attached hydrogens (primary N) is 1. The van der Waals surface area contributed by atoms with Gasteiger partial charge >= 0.3 is 12.3 Å². The van der Waals surface area contributed by atoms with Crippen molar-refractivity contribution in [1.82, 2.24) is 5.32 Å². The van der Waals surface area contributed by atoms with Gasteiger partial charge < -0.3 is 20.5 Å². The lowest BCUT2D eigenvalue weighted by Crippen LogP contribution is -2.58. The molecule has 0 aromatic heterocycles. The van der Waals surface area contributed by atoms with Crippen molar-refractivity contribution in [3.05, 3.63) is 59.7 Å². The summed E-state index contributed by atoms with van der Waals surface area (Å²) in [5.41, 5.74) is 5.00. The summed E-state index contributed by atoms with van der Waals surface area (Å²) in [5.74, 6) is -1.79. The van der Waals surface area contributed by atoms with Gasteiger partial charge in [0.2, 0.25) is 5.91 Å². The molecule has 0 saturated carbocycles. The molecule has 10 heteroatoms. The van der Waals surface area contributed by atoms with E-state index in [1.165, 1.54) is 12.1 Å². The van der Waals surface area contributed by atoms with Gasteiger partial charge in [0.05, 0.1) is 5.56 Å². The highest BCUT2D eigenvalue weighted by molar-refractivity contribution is 5.94. The average molecular weight is 535 g/mol. The molecule has 1 aliphatic rings. The van der Waals surface area contributed by atoms with E-state index in [0.29, 0.717) is 11.1 Å². The second-order valence-electron chi connectivity index (χ2n) is 10.5. The minimum absolute atomic E-state index is 0.175. The number of hydrogen-bond acceptors (Lipinski definition) is 5. The third-order valence-electron chi connectivity index (χ3n) is 6.44. The predicted molar refractivity (Wildman–Crippen MR) is 135 cm³/mol. The van der Waals surface area contributed by atoms with Crippen molar-refractivity contribution >= 4 is 17.8 Å². The number of alkyl carbamates (subject to hydrolysis) is 1. The fourth-order valence-corrected chi connectivity index (χ4v) is 4.35. The Morgan fingerprint density at radius 2 is 1.50 bits per heavy atom. The SMILES string of the molecule is CC(C)(C)OC(=O)NC1(C(=O)C[C@@H](Cc2ccc(-c3ccc(C(F)(F)F)cc3)cc2)C(N)=O)CCOCC1. The van der Waals surface area contributed by atoms with Crippen LogP contribution in [-0.4, -0.2) is 42.1 Å². The molecule has 3 N–H and O–H groups in total. The summed E-state index contributed by atoms with van der Waals surface area (Å²) in [4.78, 5) is 38.2. The van der Waals surface area contributed by atoms with Gasteiger partial charge in [0, 0.05) is 38.4 Å². The number of alkyl halides is 3. The number of benzene rings is 2. The Hall–Kier alpha value is -3.40. The van der Waals surface area contributed by atoms with Gasteiger partial charge in [-0.2, -0.15) is 13.2 Å². The third-order valence-corrected chi connectivity index (χ3v) is 6.44. The molecule has 1 saturated heterocycles. The molecule has 7 nitrogen and oxygen atoms in total. The maximum atomic E-state index is 13.4. The van der Waals surface area contributed by atoms with E-state index >= 15 is 0 Å². The molecule has 2 aromatic carbocycles. The van der Waals surface area contributed by atoms with Crippen molar-refractivity contribution in [1.29, 1.82) is 0 Å². The Kier molecular flexibility index (Phi) is 8.86. The van der Waals surface area contributed by atoms with E-state index in [9.17, 15) is 27.6 Å². The van der Waals surface area contributed by atoms with Crippen LogP contribution in [0.1, 0.15) is 51.2 Å². The summed E-state index contributed by atoms with van der Waals surface area (Å²) < 4.78 is 49.2. The number of carbonyl (C=O) groups is 3. The Balaban J connectivity index is 1.71. The zero-order valence-electron chi connectivity index (χ0n) is 21.7. The zero-order chi connectivity index (χ0) is 28.1. The van der Waals surface area contributed by atoms with Crippen molar-refractivity contribution < 1.29 is 37.0 Å². The highest BCUT2D eigenvalue weighted by Crippen LogP contribution is 2.31. The summed E-state index contributed by atoms with van der Waals surface area (Å²) in [5, 5.41) is 2.72. The second-order valence-corrected chi connectivity index (χ2v) is 10.5. The Labute approximate surface area is 219 Å². The van der Waals surface area contributed by atoms with Crippen LogP contribution < -0.4 is 11.1 Å².